The molecule has 0 aliphatic heterocycles. The van der Waals surface area contributed by atoms with Crippen LogP contribution in [0.4, 0.5) is 0 Å². The van der Waals surface area contributed by atoms with Crippen molar-refractivity contribution in [2.24, 2.45) is 17.4 Å². The summed E-state index contributed by atoms with van der Waals surface area (Å²) in [5, 5.41) is 25.8. The molecular weight excluding hydrogens is 430 g/mol. The Kier molecular flexibility index (Phi) is 12.8. The van der Waals surface area contributed by atoms with Crippen LogP contribution in [-0.4, -0.2) is 82.1 Å². The lowest BCUT2D eigenvalue weighted by molar-refractivity contribution is -0.143. The number of carbonyl (C=O) groups excluding carboxylic acids is 4. The molecule has 0 aromatic heterocycles. The highest BCUT2D eigenvalue weighted by atomic mass is 32.2. The van der Waals surface area contributed by atoms with Crippen molar-refractivity contribution in [1.29, 1.82) is 0 Å². The predicted octanol–water partition coefficient (Wildman–Crippen LogP) is -2.48. The van der Waals surface area contributed by atoms with Gasteiger partial charge < -0.3 is 37.6 Å². The van der Waals surface area contributed by atoms with Gasteiger partial charge in [0.15, 0.2) is 0 Å². The summed E-state index contributed by atoms with van der Waals surface area (Å²) >= 11 is 1.41. The number of nitrogens with two attached hydrogens (primary N) is 2. The summed E-state index contributed by atoms with van der Waals surface area (Å²) in [6.07, 6.45) is 0.193. The van der Waals surface area contributed by atoms with E-state index < -0.39 is 72.2 Å². The Morgan fingerprint density at radius 2 is 1.45 bits per heavy atom. The molecule has 12 nitrogen and oxygen atoms in total. The molecule has 13 heteroatoms. The first-order valence-electron chi connectivity index (χ1n) is 9.66. The number of carbonyl (C=O) groups is 5. The minimum atomic E-state index is -1.43. The van der Waals surface area contributed by atoms with E-state index in [1.165, 1.54) is 18.7 Å². The molecule has 0 rings (SSSR count). The molecule has 0 aromatic carbocycles. The summed E-state index contributed by atoms with van der Waals surface area (Å²) in [4.78, 5) is 60.1. The van der Waals surface area contributed by atoms with Crippen molar-refractivity contribution in [1.82, 2.24) is 16.0 Å². The number of hydrogen-bond donors (Lipinski definition) is 7. The van der Waals surface area contributed by atoms with Crippen LogP contribution >= 0.6 is 11.8 Å². The summed E-state index contributed by atoms with van der Waals surface area (Å²) < 4.78 is 0. The van der Waals surface area contributed by atoms with E-state index in [4.69, 9.17) is 11.5 Å². The lowest BCUT2D eigenvalue weighted by Crippen LogP contribution is -2.59. The summed E-state index contributed by atoms with van der Waals surface area (Å²) in [5.74, 6) is -4.51. The number of nitrogens with one attached hydrogen (secondary N) is 3. The highest BCUT2D eigenvalue weighted by Crippen LogP contribution is 2.07. The van der Waals surface area contributed by atoms with Gasteiger partial charge >= 0.3 is 5.97 Å². The van der Waals surface area contributed by atoms with Crippen LogP contribution in [0.1, 0.15) is 33.6 Å². The van der Waals surface area contributed by atoms with E-state index in [-0.39, 0.29) is 6.42 Å². The number of carboxylic acid groups (broad SMARTS) is 1. The molecule has 31 heavy (non-hydrogen) atoms. The normalized spacial score (nSPS) is 15.8. The summed E-state index contributed by atoms with van der Waals surface area (Å²) in [7, 11) is 0. The van der Waals surface area contributed by atoms with Crippen LogP contribution in [0.5, 0.6) is 0 Å². The lowest BCUT2D eigenvalue weighted by atomic mass is 10.0. The smallest absolute Gasteiger partial charge is 0.326 e. The molecule has 0 aromatic rings. The average Bonchev–Trinajstić information content (AvgIpc) is 2.66. The van der Waals surface area contributed by atoms with Gasteiger partial charge in [0.25, 0.3) is 0 Å². The molecule has 0 saturated heterocycles. The van der Waals surface area contributed by atoms with Gasteiger partial charge in [0.05, 0.1) is 12.5 Å². The van der Waals surface area contributed by atoms with Crippen LogP contribution in [0.3, 0.4) is 0 Å². The van der Waals surface area contributed by atoms with E-state index in [1.54, 1.807) is 20.1 Å². The molecule has 0 aliphatic carbocycles. The second-order valence-corrected chi connectivity index (χ2v) is 8.39. The van der Waals surface area contributed by atoms with Gasteiger partial charge in [-0.05, 0) is 31.3 Å². The van der Waals surface area contributed by atoms with Crippen LogP contribution in [0, 0.1) is 5.92 Å². The quantitative estimate of drug-likeness (QED) is 0.145. The predicted molar refractivity (Wildman–Crippen MR) is 115 cm³/mol. The van der Waals surface area contributed by atoms with Gasteiger partial charge in [-0.25, -0.2) is 4.79 Å². The highest BCUT2D eigenvalue weighted by Gasteiger charge is 2.32. The number of rotatable bonds is 14. The number of aliphatic hydroxyl groups excluding tert-OH is 1. The van der Waals surface area contributed by atoms with E-state index in [0.717, 1.165) is 0 Å². The van der Waals surface area contributed by atoms with Gasteiger partial charge in [0.2, 0.25) is 23.6 Å². The molecule has 0 radical (unpaired) electrons. The van der Waals surface area contributed by atoms with E-state index in [9.17, 15) is 34.2 Å². The molecular formula is C18H33N5O7S. The fourth-order valence-electron chi connectivity index (χ4n) is 2.44. The summed E-state index contributed by atoms with van der Waals surface area (Å²) in [6, 6.07) is -5.05. The third kappa shape index (κ3) is 10.5. The van der Waals surface area contributed by atoms with Gasteiger partial charge in [-0.15, -0.1) is 0 Å². The zero-order valence-corrected chi connectivity index (χ0v) is 18.9. The number of thioether (sulfide) groups is 1. The molecule has 9 N–H and O–H groups in total. The maximum absolute atomic E-state index is 12.7. The van der Waals surface area contributed by atoms with Gasteiger partial charge in [-0.3, -0.25) is 19.2 Å². The van der Waals surface area contributed by atoms with Crippen molar-refractivity contribution in [3.63, 3.8) is 0 Å². The zero-order chi connectivity index (χ0) is 24.3. The van der Waals surface area contributed by atoms with E-state index in [1.807, 2.05) is 0 Å². The van der Waals surface area contributed by atoms with Crippen molar-refractivity contribution >= 4 is 41.4 Å². The Morgan fingerprint density at radius 3 is 1.87 bits per heavy atom. The second kappa shape index (κ2) is 13.8. The minimum absolute atomic E-state index is 0.174. The van der Waals surface area contributed by atoms with E-state index in [0.29, 0.717) is 5.75 Å². The monoisotopic (exact) mass is 463 g/mol. The van der Waals surface area contributed by atoms with Crippen molar-refractivity contribution in [3.05, 3.63) is 0 Å². The van der Waals surface area contributed by atoms with Gasteiger partial charge in [-0.2, -0.15) is 11.8 Å². The molecule has 4 amide bonds. The SMILES string of the molecule is CSCCC(NC(=O)C(CC(N)=O)NC(=O)C(N)C(C)O)C(=O)NC(C(=O)O)C(C)C. The molecule has 0 saturated carbocycles. The number of primary amides is 1. The number of aliphatic hydroxyl groups is 1. The van der Waals surface area contributed by atoms with Crippen molar-refractivity contribution in [2.75, 3.05) is 12.0 Å². The maximum Gasteiger partial charge on any atom is 0.326 e. The molecule has 0 aliphatic rings. The number of aliphatic carboxylic acids is 1. The Balaban J connectivity index is 5.48. The van der Waals surface area contributed by atoms with Crippen LogP contribution in [0.15, 0.2) is 0 Å². The van der Waals surface area contributed by atoms with Gasteiger partial charge in [-0.1, -0.05) is 13.8 Å². The molecule has 0 heterocycles. The number of hydrogen-bond acceptors (Lipinski definition) is 8. The molecule has 0 spiro atoms. The molecule has 0 fully saturated rings. The van der Waals surface area contributed by atoms with Crippen LogP contribution in [0.25, 0.3) is 0 Å². The third-order valence-corrected chi connectivity index (χ3v) is 4.98. The average molecular weight is 464 g/mol. The summed E-state index contributed by atoms with van der Waals surface area (Å²) in [6.45, 7) is 4.53. The Bertz CT molecular complexity index is 659. The van der Waals surface area contributed by atoms with Crippen LogP contribution in [0.2, 0.25) is 0 Å². The molecule has 5 unspecified atom stereocenters. The minimum Gasteiger partial charge on any atom is -0.480 e. The van der Waals surface area contributed by atoms with E-state index >= 15 is 0 Å². The van der Waals surface area contributed by atoms with Crippen molar-refractivity contribution < 1.29 is 34.2 Å². The Labute approximate surface area is 185 Å². The molecule has 178 valence electrons. The topological polar surface area (TPSA) is 214 Å². The fourth-order valence-corrected chi connectivity index (χ4v) is 2.91. The number of amides is 4. The van der Waals surface area contributed by atoms with Crippen molar-refractivity contribution in [3.8, 4) is 0 Å². The first kappa shape index (κ1) is 28.6. The van der Waals surface area contributed by atoms with Gasteiger partial charge in [0, 0.05) is 0 Å². The fraction of sp³-hybridized carbons (Fsp3) is 0.722. The van der Waals surface area contributed by atoms with Crippen molar-refractivity contribution in [2.45, 2.75) is 63.9 Å². The Hall–Kier alpha value is -2.38. The zero-order valence-electron chi connectivity index (χ0n) is 18.1. The van der Waals surface area contributed by atoms with Crippen LogP contribution in [-0.2, 0) is 24.0 Å². The van der Waals surface area contributed by atoms with Crippen LogP contribution < -0.4 is 27.4 Å². The first-order valence-corrected chi connectivity index (χ1v) is 11.1. The van der Waals surface area contributed by atoms with E-state index in [2.05, 4.69) is 16.0 Å². The highest BCUT2D eigenvalue weighted by molar-refractivity contribution is 7.98. The van der Waals surface area contributed by atoms with Gasteiger partial charge in [0.1, 0.15) is 24.2 Å². The third-order valence-electron chi connectivity index (χ3n) is 4.33. The maximum atomic E-state index is 12.7. The lowest BCUT2D eigenvalue weighted by Gasteiger charge is -2.26. The molecule has 5 atom stereocenters. The standard InChI is InChI=1S/C18H33N5O7S/c1-8(2)14(18(29)30)23-15(26)10(5-6-31-4)21-16(27)11(7-12(19)25)22-17(28)13(20)9(3)24/h8-11,13-14,24H,5-7,20H2,1-4H3,(H2,19,25)(H,21,27)(H,22,28)(H,23,26)(H,29,30). The number of carboxylic acids is 1. The largest absolute Gasteiger partial charge is 0.480 e. The summed E-state index contributed by atoms with van der Waals surface area (Å²) in [5.41, 5.74) is 10.7. The Morgan fingerprint density at radius 1 is 0.935 bits per heavy atom. The molecule has 0 bridgehead atoms. The second-order valence-electron chi connectivity index (χ2n) is 7.41. The first-order chi connectivity index (χ1) is 14.3.